The maximum atomic E-state index is 11.2. The van der Waals surface area contributed by atoms with Crippen LogP contribution in [0, 0.1) is 5.92 Å². The van der Waals surface area contributed by atoms with Gasteiger partial charge in [0.2, 0.25) is 0 Å². The second kappa shape index (κ2) is 6.20. The largest absolute Gasteiger partial charge is 0.480 e. The second-order valence-electron chi connectivity index (χ2n) is 4.33. The number of carboxylic acid groups (broad SMARTS) is 1. The highest BCUT2D eigenvalue weighted by Gasteiger charge is 2.20. The molecule has 6 heteroatoms. The first-order valence-electron chi connectivity index (χ1n) is 5.68. The van der Waals surface area contributed by atoms with Gasteiger partial charge in [-0.15, -0.1) is 0 Å². The summed E-state index contributed by atoms with van der Waals surface area (Å²) in [5.74, 6) is -1.35. The molecule has 0 fully saturated rings. The number of hydrogen-bond acceptors (Lipinski definition) is 4. The molecule has 0 amide bonds. The lowest BCUT2D eigenvalue weighted by Crippen LogP contribution is -2.40. The van der Waals surface area contributed by atoms with Gasteiger partial charge in [0.05, 0.1) is 7.11 Å². The number of aromatic amines is 1. The minimum Gasteiger partial charge on any atom is -0.480 e. The molecule has 0 aromatic carbocycles. The molecule has 0 spiro atoms. The Balaban J connectivity index is 2.60. The van der Waals surface area contributed by atoms with E-state index in [0.29, 0.717) is 12.2 Å². The maximum absolute atomic E-state index is 11.2. The zero-order valence-corrected chi connectivity index (χ0v) is 10.7. The number of ether oxygens (including phenoxy) is 1. The molecule has 1 aromatic rings. The van der Waals surface area contributed by atoms with Crippen molar-refractivity contribution >= 4 is 11.9 Å². The quantitative estimate of drug-likeness (QED) is 0.659. The Morgan fingerprint density at radius 1 is 1.44 bits per heavy atom. The third-order valence-corrected chi connectivity index (χ3v) is 2.60. The normalized spacial score (nSPS) is 12.4. The summed E-state index contributed by atoms with van der Waals surface area (Å²) in [5.41, 5.74) is 1.09. The van der Waals surface area contributed by atoms with Crippen molar-refractivity contribution in [1.29, 1.82) is 0 Å². The second-order valence-corrected chi connectivity index (χ2v) is 4.33. The van der Waals surface area contributed by atoms with Gasteiger partial charge in [-0.2, -0.15) is 0 Å². The molecule has 0 saturated carbocycles. The molecule has 100 valence electrons. The van der Waals surface area contributed by atoms with Crippen molar-refractivity contribution in [3.63, 3.8) is 0 Å². The molecule has 1 rings (SSSR count). The molecule has 0 radical (unpaired) electrons. The molecular weight excluding hydrogens is 236 g/mol. The Morgan fingerprint density at radius 3 is 2.61 bits per heavy atom. The smallest absolute Gasteiger partial charge is 0.354 e. The average Bonchev–Trinajstić information content (AvgIpc) is 2.76. The number of rotatable bonds is 6. The molecule has 0 bridgehead atoms. The van der Waals surface area contributed by atoms with E-state index in [9.17, 15) is 9.59 Å². The molecule has 0 aliphatic rings. The fourth-order valence-corrected chi connectivity index (χ4v) is 1.60. The number of nitrogens with one attached hydrogen (secondary N) is 2. The van der Waals surface area contributed by atoms with Crippen LogP contribution in [0.2, 0.25) is 0 Å². The third kappa shape index (κ3) is 3.59. The number of carbonyl (C=O) groups excluding carboxylic acids is 1. The van der Waals surface area contributed by atoms with E-state index < -0.39 is 18.0 Å². The number of carbonyl (C=O) groups is 2. The van der Waals surface area contributed by atoms with Crippen LogP contribution in [0.15, 0.2) is 12.1 Å². The van der Waals surface area contributed by atoms with Gasteiger partial charge in [-0.3, -0.25) is 10.1 Å². The van der Waals surface area contributed by atoms with E-state index in [4.69, 9.17) is 5.11 Å². The highest BCUT2D eigenvalue weighted by atomic mass is 16.5. The van der Waals surface area contributed by atoms with Crippen LogP contribution in [0.25, 0.3) is 0 Å². The molecule has 1 heterocycles. The average molecular weight is 254 g/mol. The van der Waals surface area contributed by atoms with Gasteiger partial charge in [0.25, 0.3) is 0 Å². The highest BCUT2D eigenvalue weighted by molar-refractivity contribution is 5.87. The number of methoxy groups -OCH3 is 1. The van der Waals surface area contributed by atoms with Gasteiger partial charge in [0.15, 0.2) is 0 Å². The lowest BCUT2D eigenvalue weighted by Gasteiger charge is -2.17. The van der Waals surface area contributed by atoms with Crippen molar-refractivity contribution in [2.24, 2.45) is 5.92 Å². The summed E-state index contributed by atoms with van der Waals surface area (Å²) in [6, 6.07) is 2.71. The van der Waals surface area contributed by atoms with Crippen molar-refractivity contribution in [2.45, 2.75) is 26.4 Å². The van der Waals surface area contributed by atoms with Crippen LogP contribution >= 0.6 is 0 Å². The Kier molecular flexibility index (Phi) is 4.91. The first-order chi connectivity index (χ1) is 8.45. The predicted octanol–water partition coefficient (Wildman–Crippen LogP) is 1.00. The Labute approximate surface area is 105 Å². The van der Waals surface area contributed by atoms with Crippen molar-refractivity contribution in [2.75, 3.05) is 7.11 Å². The Morgan fingerprint density at radius 2 is 2.11 bits per heavy atom. The molecule has 1 unspecified atom stereocenters. The van der Waals surface area contributed by atoms with E-state index in [0.717, 1.165) is 5.69 Å². The SMILES string of the molecule is COC(=O)c1ccc(CNC(C(=O)O)C(C)C)[nH]1. The molecule has 6 nitrogen and oxygen atoms in total. The summed E-state index contributed by atoms with van der Waals surface area (Å²) in [7, 11) is 1.31. The molecule has 1 atom stereocenters. The van der Waals surface area contributed by atoms with Crippen LogP contribution in [0.4, 0.5) is 0 Å². The fourth-order valence-electron chi connectivity index (χ4n) is 1.60. The number of hydrogen-bond donors (Lipinski definition) is 3. The summed E-state index contributed by atoms with van der Waals surface area (Å²) in [6.45, 7) is 4.02. The number of carboxylic acids is 1. The lowest BCUT2D eigenvalue weighted by molar-refractivity contribution is -0.140. The molecule has 3 N–H and O–H groups in total. The molecule has 0 saturated heterocycles. The number of aromatic nitrogens is 1. The minimum absolute atomic E-state index is 0.0162. The van der Waals surface area contributed by atoms with Crippen LogP contribution in [0.3, 0.4) is 0 Å². The minimum atomic E-state index is -0.884. The van der Waals surface area contributed by atoms with Crippen LogP contribution in [-0.4, -0.2) is 35.2 Å². The van der Waals surface area contributed by atoms with Gasteiger partial charge in [-0.1, -0.05) is 13.8 Å². The first-order valence-corrected chi connectivity index (χ1v) is 5.68. The van der Waals surface area contributed by atoms with Crippen molar-refractivity contribution in [3.05, 3.63) is 23.5 Å². The summed E-state index contributed by atoms with van der Waals surface area (Å²) in [4.78, 5) is 25.1. The maximum Gasteiger partial charge on any atom is 0.354 e. The Bertz CT molecular complexity index is 425. The van der Waals surface area contributed by atoms with E-state index in [-0.39, 0.29) is 5.92 Å². The molecule has 18 heavy (non-hydrogen) atoms. The topological polar surface area (TPSA) is 91.4 Å². The summed E-state index contributed by atoms with van der Waals surface area (Å²) in [6.07, 6.45) is 0. The zero-order valence-electron chi connectivity index (χ0n) is 10.7. The van der Waals surface area contributed by atoms with Crippen molar-refractivity contribution < 1.29 is 19.4 Å². The van der Waals surface area contributed by atoms with Crippen molar-refractivity contribution in [3.8, 4) is 0 Å². The van der Waals surface area contributed by atoms with Gasteiger partial charge in [0.1, 0.15) is 11.7 Å². The summed E-state index contributed by atoms with van der Waals surface area (Å²) in [5, 5.41) is 11.9. The number of esters is 1. The number of H-pyrrole nitrogens is 1. The fraction of sp³-hybridized carbons (Fsp3) is 0.500. The van der Waals surface area contributed by atoms with Crippen LogP contribution in [0.5, 0.6) is 0 Å². The van der Waals surface area contributed by atoms with E-state index in [1.165, 1.54) is 7.11 Å². The van der Waals surface area contributed by atoms with Crippen molar-refractivity contribution in [1.82, 2.24) is 10.3 Å². The van der Waals surface area contributed by atoms with Gasteiger partial charge in [-0.25, -0.2) is 4.79 Å². The van der Waals surface area contributed by atoms with Gasteiger partial charge < -0.3 is 14.8 Å². The van der Waals surface area contributed by atoms with E-state index in [1.54, 1.807) is 12.1 Å². The standard InChI is InChI=1S/C12H18N2O4/c1-7(2)10(11(15)16)13-6-8-4-5-9(14-8)12(17)18-3/h4-5,7,10,13-14H,6H2,1-3H3,(H,15,16). The predicted molar refractivity (Wildman–Crippen MR) is 65.2 cm³/mol. The molecule has 0 aliphatic heterocycles. The number of aliphatic carboxylic acids is 1. The van der Waals surface area contributed by atoms with Crippen LogP contribution < -0.4 is 5.32 Å². The third-order valence-electron chi connectivity index (χ3n) is 2.60. The molecule has 0 aliphatic carbocycles. The van der Waals surface area contributed by atoms with Crippen LogP contribution in [-0.2, 0) is 16.1 Å². The molecule has 1 aromatic heterocycles. The monoisotopic (exact) mass is 254 g/mol. The van der Waals surface area contributed by atoms with Gasteiger partial charge >= 0.3 is 11.9 Å². The van der Waals surface area contributed by atoms with E-state index in [1.807, 2.05) is 13.8 Å². The summed E-state index contributed by atoms with van der Waals surface area (Å²) < 4.78 is 4.57. The van der Waals surface area contributed by atoms with E-state index >= 15 is 0 Å². The van der Waals surface area contributed by atoms with Gasteiger partial charge in [0, 0.05) is 12.2 Å². The van der Waals surface area contributed by atoms with Gasteiger partial charge in [-0.05, 0) is 18.1 Å². The Hall–Kier alpha value is -1.82. The van der Waals surface area contributed by atoms with Crippen LogP contribution in [0.1, 0.15) is 30.0 Å². The molecular formula is C12H18N2O4. The zero-order chi connectivity index (χ0) is 13.7. The first kappa shape index (κ1) is 14.2. The van der Waals surface area contributed by atoms with E-state index in [2.05, 4.69) is 15.0 Å². The lowest BCUT2D eigenvalue weighted by atomic mass is 10.0. The summed E-state index contributed by atoms with van der Waals surface area (Å²) >= 11 is 0. The highest BCUT2D eigenvalue weighted by Crippen LogP contribution is 2.06.